The maximum atomic E-state index is 12.9. The zero-order chi connectivity index (χ0) is 24.3. The second kappa shape index (κ2) is 8.73. The van der Waals surface area contributed by atoms with Crippen LogP contribution in [0.4, 0.5) is 4.79 Å². The van der Waals surface area contributed by atoms with Crippen molar-refractivity contribution in [3.05, 3.63) is 11.6 Å². The number of carbonyl (C=O) groups is 1. The zero-order valence-electron chi connectivity index (χ0n) is 21.4. The van der Waals surface area contributed by atoms with Crippen molar-refractivity contribution in [1.29, 1.82) is 0 Å². The van der Waals surface area contributed by atoms with Gasteiger partial charge in [-0.15, -0.1) is 0 Å². The molecule has 1 spiro atoms. The van der Waals surface area contributed by atoms with E-state index in [4.69, 9.17) is 18.9 Å². The van der Waals surface area contributed by atoms with E-state index >= 15 is 0 Å². The van der Waals surface area contributed by atoms with Gasteiger partial charge in [0.25, 0.3) is 0 Å². The van der Waals surface area contributed by atoms with E-state index in [1.165, 1.54) is 5.57 Å². The third-order valence-corrected chi connectivity index (χ3v) is 8.69. The molecule has 5 fully saturated rings. The van der Waals surface area contributed by atoms with Crippen LogP contribution < -0.4 is 0 Å². The molecule has 5 rings (SSSR count). The molecule has 0 aromatic rings. The molecule has 1 N–H and O–H groups in total. The molecule has 34 heavy (non-hydrogen) atoms. The van der Waals surface area contributed by atoms with Crippen LogP contribution in [0.2, 0.25) is 0 Å². The molecule has 0 radical (unpaired) electrons. The molecule has 1 saturated carbocycles. The number of hydrogen-bond donors (Lipinski definition) is 1. The predicted molar refractivity (Wildman–Crippen MR) is 127 cm³/mol. The van der Waals surface area contributed by atoms with Gasteiger partial charge in [0.2, 0.25) is 0 Å². The number of hydrogen-bond acceptors (Lipinski definition) is 7. The number of methoxy groups -OCH3 is 1. The number of ether oxygens (including phenoxy) is 4. The molecule has 8 heteroatoms. The van der Waals surface area contributed by atoms with E-state index in [1.54, 1.807) is 7.11 Å². The molecular weight excluding hydrogens is 436 g/mol. The molecule has 4 aliphatic heterocycles. The molecule has 0 bridgehead atoms. The van der Waals surface area contributed by atoms with Gasteiger partial charge in [-0.1, -0.05) is 11.6 Å². The second-order valence-corrected chi connectivity index (χ2v) is 12.1. The van der Waals surface area contributed by atoms with Crippen LogP contribution in [0, 0.1) is 11.8 Å². The van der Waals surface area contributed by atoms with Crippen molar-refractivity contribution in [2.75, 3.05) is 46.4 Å². The van der Waals surface area contributed by atoms with E-state index in [9.17, 15) is 9.90 Å². The van der Waals surface area contributed by atoms with E-state index in [0.717, 1.165) is 65.0 Å². The molecule has 0 aromatic carbocycles. The first-order valence-electron chi connectivity index (χ1n) is 12.9. The molecular formula is C26H42N2O6. The zero-order valence-corrected chi connectivity index (χ0v) is 21.4. The number of amides is 1. The fourth-order valence-corrected chi connectivity index (χ4v) is 6.62. The Labute approximate surface area is 203 Å². The normalized spacial score (nSPS) is 40.9. The third kappa shape index (κ3) is 4.64. The van der Waals surface area contributed by atoms with Crippen LogP contribution >= 0.6 is 0 Å². The number of rotatable bonds is 8. The number of nitrogens with zero attached hydrogens (tertiary/aromatic N) is 2. The Morgan fingerprint density at radius 1 is 1.24 bits per heavy atom. The fourth-order valence-electron chi connectivity index (χ4n) is 6.62. The Kier molecular flexibility index (Phi) is 6.29. The van der Waals surface area contributed by atoms with Crippen molar-refractivity contribution in [3.8, 4) is 0 Å². The first-order valence-corrected chi connectivity index (χ1v) is 12.9. The molecule has 8 nitrogen and oxygen atoms in total. The smallest absolute Gasteiger partial charge is 0.410 e. The first-order chi connectivity index (χ1) is 16.1. The van der Waals surface area contributed by atoms with Crippen LogP contribution in [0.25, 0.3) is 0 Å². The summed E-state index contributed by atoms with van der Waals surface area (Å²) in [5, 5.41) is 9.86. The Balaban J connectivity index is 1.13. The molecule has 192 valence electrons. The molecule has 1 aliphatic carbocycles. The second-order valence-electron chi connectivity index (χ2n) is 12.1. The minimum atomic E-state index is -0.524. The molecule has 4 saturated heterocycles. The fraction of sp³-hybridized carbons (Fsp3) is 0.885. The van der Waals surface area contributed by atoms with Crippen LogP contribution in [0.3, 0.4) is 0 Å². The predicted octanol–water partition coefficient (Wildman–Crippen LogP) is 2.59. The van der Waals surface area contributed by atoms with Crippen molar-refractivity contribution in [2.45, 2.75) is 88.5 Å². The summed E-state index contributed by atoms with van der Waals surface area (Å²) < 4.78 is 24.3. The summed E-state index contributed by atoms with van der Waals surface area (Å²) in [6.07, 6.45) is 5.17. The minimum absolute atomic E-state index is 0.0463. The van der Waals surface area contributed by atoms with Crippen molar-refractivity contribution < 1.29 is 28.8 Å². The largest absolute Gasteiger partial charge is 0.443 e. The molecule has 4 heterocycles. The highest BCUT2D eigenvalue weighted by molar-refractivity contribution is 5.69. The average Bonchev–Trinajstić information content (AvgIpc) is 3.62. The molecule has 6 atom stereocenters. The summed E-state index contributed by atoms with van der Waals surface area (Å²) >= 11 is 0. The van der Waals surface area contributed by atoms with Crippen LogP contribution in [-0.4, -0.2) is 103 Å². The molecule has 0 aromatic heterocycles. The van der Waals surface area contributed by atoms with Gasteiger partial charge in [0.15, 0.2) is 0 Å². The highest BCUT2D eigenvalue weighted by atomic mass is 16.6. The van der Waals surface area contributed by atoms with Gasteiger partial charge >= 0.3 is 6.09 Å². The van der Waals surface area contributed by atoms with Gasteiger partial charge < -0.3 is 29.0 Å². The first kappa shape index (κ1) is 24.5. The summed E-state index contributed by atoms with van der Waals surface area (Å²) in [7, 11) is 1.71. The minimum Gasteiger partial charge on any atom is -0.443 e. The van der Waals surface area contributed by atoms with Gasteiger partial charge in [0.1, 0.15) is 23.4 Å². The number of carbonyl (C=O) groups excluding carboxylic acids is 1. The Morgan fingerprint density at radius 2 is 1.94 bits per heavy atom. The maximum Gasteiger partial charge on any atom is 0.410 e. The molecule has 1 amide bonds. The quantitative estimate of drug-likeness (QED) is 0.424. The number of epoxide rings is 2. The monoisotopic (exact) mass is 478 g/mol. The summed E-state index contributed by atoms with van der Waals surface area (Å²) in [6.45, 7) is 12.9. The van der Waals surface area contributed by atoms with E-state index in [-0.39, 0.29) is 41.5 Å². The molecule has 5 aliphatic rings. The van der Waals surface area contributed by atoms with E-state index in [1.807, 2.05) is 11.8 Å². The third-order valence-electron chi connectivity index (χ3n) is 8.69. The Hall–Kier alpha value is -1.19. The number of allylic oxidation sites excluding steroid dienone is 1. The van der Waals surface area contributed by atoms with Gasteiger partial charge in [-0.2, -0.15) is 0 Å². The van der Waals surface area contributed by atoms with Crippen LogP contribution in [0.1, 0.15) is 53.4 Å². The van der Waals surface area contributed by atoms with Gasteiger partial charge in [-0.05, 0) is 65.8 Å². The van der Waals surface area contributed by atoms with Crippen molar-refractivity contribution in [1.82, 2.24) is 9.80 Å². The van der Waals surface area contributed by atoms with Gasteiger partial charge in [0, 0.05) is 33.3 Å². The number of β-amino-alcohol motifs (C(OH)–C–C–N with tert-alkyl or cyclic N) is 1. The Bertz CT molecular complexity index is 808. The topological polar surface area (TPSA) is 87.3 Å². The lowest BCUT2D eigenvalue weighted by molar-refractivity contribution is -0.125. The lowest BCUT2D eigenvalue weighted by atomic mass is 9.68. The SMILES string of the molecule is CO[C@@H]1[C@H](OC(=O)N2CC(CCN3CC(C)(O)C3)C2)CC[C@]2(CO2)[C@H]1[C@@]1(C)O[C@@H]1CC=C(C)C. The van der Waals surface area contributed by atoms with Crippen LogP contribution in [0.15, 0.2) is 11.6 Å². The maximum absolute atomic E-state index is 12.9. The van der Waals surface area contributed by atoms with Gasteiger partial charge in [-0.25, -0.2) is 4.79 Å². The highest BCUT2D eigenvalue weighted by Crippen LogP contribution is 2.59. The van der Waals surface area contributed by atoms with Crippen LogP contribution in [-0.2, 0) is 18.9 Å². The van der Waals surface area contributed by atoms with E-state index in [0.29, 0.717) is 5.92 Å². The van der Waals surface area contributed by atoms with E-state index < -0.39 is 5.60 Å². The summed E-state index contributed by atoms with van der Waals surface area (Å²) in [5.41, 5.74) is 0.237. The van der Waals surface area contributed by atoms with Crippen LogP contribution in [0.5, 0.6) is 0 Å². The standard InChI is InChI=1S/C26H42N2O6/c1-17(2)6-7-20-25(4,34-20)22-21(31-5)19(8-10-26(22)16-32-26)33-23(29)28-12-18(13-28)9-11-27-14-24(3,30)15-27/h6,18-22,30H,7-16H2,1-5H3/t19-,20-,21-,22-,25+,26+/m1/s1. The summed E-state index contributed by atoms with van der Waals surface area (Å²) in [5.74, 6) is 0.554. The molecule has 0 unspecified atom stereocenters. The number of aliphatic hydroxyl groups is 1. The Morgan fingerprint density at radius 3 is 2.53 bits per heavy atom. The highest BCUT2D eigenvalue weighted by Gasteiger charge is 2.72. The van der Waals surface area contributed by atoms with E-state index in [2.05, 4.69) is 31.7 Å². The summed E-state index contributed by atoms with van der Waals surface area (Å²) in [4.78, 5) is 17.0. The number of likely N-dealkylation sites (tertiary alicyclic amines) is 2. The van der Waals surface area contributed by atoms with Gasteiger partial charge in [-0.3, -0.25) is 4.90 Å². The van der Waals surface area contributed by atoms with Crippen molar-refractivity contribution in [3.63, 3.8) is 0 Å². The lowest BCUT2D eigenvalue weighted by Crippen LogP contribution is -2.61. The average molecular weight is 479 g/mol. The summed E-state index contributed by atoms with van der Waals surface area (Å²) in [6, 6.07) is 0. The van der Waals surface area contributed by atoms with Gasteiger partial charge in [0.05, 0.1) is 24.2 Å². The lowest BCUT2D eigenvalue weighted by Gasteiger charge is -2.46. The van der Waals surface area contributed by atoms with Crippen molar-refractivity contribution in [2.24, 2.45) is 11.8 Å². The van der Waals surface area contributed by atoms with Crippen molar-refractivity contribution >= 4 is 6.09 Å².